The van der Waals surface area contributed by atoms with Crippen LogP contribution in [0.2, 0.25) is 0 Å². The van der Waals surface area contributed by atoms with Crippen molar-refractivity contribution in [2.45, 2.75) is 6.92 Å². The number of aryl methyl sites for hydroxylation is 1. The number of tetrazole rings is 1. The fourth-order valence-corrected chi connectivity index (χ4v) is 2.52. The summed E-state index contributed by atoms with van der Waals surface area (Å²) in [5, 5.41) is 24.2. The fraction of sp³-hybridized carbons (Fsp3) is 0.105. The van der Waals surface area contributed by atoms with E-state index in [1.54, 1.807) is 37.3 Å². The molecule has 11 nitrogen and oxygen atoms in total. The average Bonchev–Trinajstić information content (AvgIpc) is 3.17. The first kappa shape index (κ1) is 21.2. The van der Waals surface area contributed by atoms with Gasteiger partial charge in [0.05, 0.1) is 11.0 Å². The van der Waals surface area contributed by atoms with E-state index in [2.05, 4.69) is 20.8 Å². The highest BCUT2D eigenvalue weighted by atomic mass is 19.1. The predicted octanol–water partition coefficient (Wildman–Crippen LogP) is 2.21. The number of nitrogens with zero attached hydrogens (tertiary/aromatic N) is 5. The maximum atomic E-state index is 13.2. The van der Waals surface area contributed by atoms with Crippen LogP contribution in [-0.2, 0) is 14.3 Å². The summed E-state index contributed by atoms with van der Waals surface area (Å²) >= 11 is 0. The van der Waals surface area contributed by atoms with Gasteiger partial charge in [-0.05, 0) is 41.1 Å². The Morgan fingerprint density at radius 1 is 1.26 bits per heavy atom. The molecule has 12 heteroatoms. The lowest BCUT2D eigenvalue weighted by Gasteiger charge is -2.10. The summed E-state index contributed by atoms with van der Waals surface area (Å²) in [6.07, 6.45) is 1.48. The molecule has 0 saturated carbocycles. The third-order valence-electron chi connectivity index (χ3n) is 3.93. The van der Waals surface area contributed by atoms with Crippen LogP contribution in [0.3, 0.4) is 0 Å². The Hall–Kier alpha value is -4.48. The minimum absolute atomic E-state index is 0.0470. The first-order valence-corrected chi connectivity index (χ1v) is 8.78. The quantitative estimate of drug-likeness (QED) is 0.262. The van der Waals surface area contributed by atoms with Crippen LogP contribution in [0.15, 0.2) is 48.5 Å². The maximum absolute atomic E-state index is 13.2. The summed E-state index contributed by atoms with van der Waals surface area (Å²) in [6, 6.07) is 11.5. The summed E-state index contributed by atoms with van der Waals surface area (Å²) in [5.74, 6) is -2.27. The van der Waals surface area contributed by atoms with E-state index in [1.807, 2.05) is 0 Å². The standard InChI is InChI=1S/C19H15FN6O5/c1-12-22-23-24-25(12)17(9-13-5-3-2-4-6-13)19(28)31-11-18(27)21-15-8-7-14(20)10-16(15)26(29)30/h2-10H,11H2,1H3,(H,21,27). The van der Waals surface area contributed by atoms with Gasteiger partial charge in [0.1, 0.15) is 11.5 Å². The molecule has 0 atom stereocenters. The Kier molecular flexibility index (Phi) is 6.40. The predicted molar refractivity (Wildman–Crippen MR) is 106 cm³/mol. The van der Waals surface area contributed by atoms with Crippen LogP contribution in [0.4, 0.5) is 15.8 Å². The molecule has 1 N–H and O–H groups in total. The van der Waals surface area contributed by atoms with Gasteiger partial charge in [0, 0.05) is 0 Å². The smallest absolute Gasteiger partial charge is 0.357 e. The van der Waals surface area contributed by atoms with Crippen molar-refractivity contribution in [2.24, 2.45) is 0 Å². The number of hydrogen-bond donors (Lipinski definition) is 1. The van der Waals surface area contributed by atoms with Crippen molar-refractivity contribution in [2.75, 3.05) is 11.9 Å². The van der Waals surface area contributed by atoms with E-state index in [1.165, 1.54) is 6.08 Å². The second-order valence-electron chi connectivity index (χ2n) is 6.12. The maximum Gasteiger partial charge on any atom is 0.357 e. The van der Waals surface area contributed by atoms with Gasteiger partial charge < -0.3 is 10.1 Å². The van der Waals surface area contributed by atoms with E-state index in [4.69, 9.17) is 4.74 Å². The van der Waals surface area contributed by atoms with Crippen molar-refractivity contribution in [3.05, 3.63) is 75.9 Å². The number of halogens is 1. The Bertz CT molecular complexity index is 1160. The summed E-state index contributed by atoms with van der Waals surface area (Å²) in [6.45, 7) is 0.827. The van der Waals surface area contributed by atoms with E-state index < -0.39 is 34.9 Å². The number of aromatic nitrogens is 4. The largest absolute Gasteiger partial charge is 0.451 e. The van der Waals surface area contributed by atoms with E-state index >= 15 is 0 Å². The molecule has 0 aliphatic rings. The Morgan fingerprint density at radius 2 is 2.00 bits per heavy atom. The molecule has 0 bridgehead atoms. The number of nitro benzene ring substituents is 1. The van der Waals surface area contributed by atoms with E-state index in [9.17, 15) is 24.1 Å². The molecule has 0 saturated heterocycles. The van der Waals surface area contributed by atoms with Crippen LogP contribution in [-0.4, -0.2) is 43.6 Å². The molecule has 0 aliphatic carbocycles. The number of carbonyl (C=O) groups is 2. The minimum atomic E-state index is -0.900. The topological polar surface area (TPSA) is 142 Å². The van der Waals surface area contributed by atoms with E-state index in [-0.39, 0.29) is 11.4 Å². The van der Waals surface area contributed by atoms with Gasteiger partial charge in [0.25, 0.3) is 11.6 Å². The number of nitrogens with one attached hydrogen (secondary N) is 1. The molecule has 3 rings (SSSR count). The van der Waals surface area contributed by atoms with E-state index in [0.29, 0.717) is 17.5 Å². The molecule has 0 aliphatic heterocycles. The monoisotopic (exact) mass is 426 g/mol. The summed E-state index contributed by atoms with van der Waals surface area (Å²) in [7, 11) is 0. The van der Waals surface area contributed by atoms with Gasteiger partial charge in [-0.15, -0.1) is 5.10 Å². The molecule has 2 aromatic carbocycles. The normalized spacial score (nSPS) is 11.1. The zero-order valence-corrected chi connectivity index (χ0v) is 16.1. The summed E-state index contributed by atoms with van der Waals surface area (Å²) in [4.78, 5) is 34.9. The molecule has 3 aromatic rings. The van der Waals surface area contributed by atoms with Crippen LogP contribution in [0.5, 0.6) is 0 Å². The lowest BCUT2D eigenvalue weighted by Crippen LogP contribution is -2.23. The number of esters is 1. The van der Waals surface area contributed by atoms with Crippen LogP contribution in [0.1, 0.15) is 11.4 Å². The number of carbonyl (C=O) groups excluding carboxylic acids is 2. The van der Waals surface area contributed by atoms with Crippen molar-refractivity contribution in [3.63, 3.8) is 0 Å². The molecule has 1 aromatic heterocycles. The van der Waals surface area contributed by atoms with Crippen molar-refractivity contribution in [1.82, 2.24) is 20.2 Å². The SMILES string of the molecule is Cc1nnnn1C(=Cc1ccccc1)C(=O)OCC(=O)Nc1ccc(F)cc1[N+](=O)[O-]. The van der Waals surface area contributed by atoms with Crippen molar-refractivity contribution < 1.29 is 23.6 Å². The van der Waals surface area contributed by atoms with Crippen LogP contribution in [0.25, 0.3) is 11.8 Å². The lowest BCUT2D eigenvalue weighted by atomic mass is 10.2. The third kappa shape index (κ3) is 5.32. The van der Waals surface area contributed by atoms with Crippen molar-refractivity contribution >= 4 is 35.0 Å². The molecule has 1 amide bonds. The van der Waals surface area contributed by atoms with Gasteiger partial charge in [-0.2, -0.15) is 4.68 Å². The second-order valence-corrected chi connectivity index (χ2v) is 6.12. The highest BCUT2D eigenvalue weighted by molar-refractivity contribution is 6.15. The fourth-order valence-electron chi connectivity index (χ4n) is 2.52. The first-order chi connectivity index (χ1) is 14.8. The number of ether oxygens (including phenoxy) is 1. The average molecular weight is 426 g/mol. The highest BCUT2D eigenvalue weighted by Gasteiger charge is 2.21. The second kappa shape index (κ2) is 9.35. The Labute approximate surface area is 174 Å². The van der Waals surface area contributed by atoms with Gasteiger partial charge in [0.2, 0.25) is 0 Å². The number of amides is 1. The number of benzene rings is 2. The van der Waals surface area contributed by atoms with Gasteiger partial charge in [-0.1, -0.05) is 30.3 Å². The summed E-state index contributed by atoms with van der Waals surface area (Å²) < 4.78 is 19.4. The first-order valence-electron chi connectivity index (χ1n) is 8.78. The number of nitro groups is 1. The number of anilines is 1. The minimum Gasteiger partial charge on any atom is -0.451 e. The zero-order valence-electron chi connectivity index (χ0n) is 16.1. The molecule has 0 fully saturated rings. The molecule has 31 heavy (non-hydrogen) atoms. The van der Waals surface area contributed by atoms with Gasteiger partial charge in [-0.3, -0.25) is 14.9 Å². The van der Waals surface area contributed by atoms with Crippen LogP contribution >= 0.6 is 0 Å². The molecule has 0 unspecified atom stereocenters. The number of hydrogen-bond acceptors (Lipinski definition) is 8. The van der Waals surface area contributed by atoms with Gasteiger partial charge >= 0.3 is 5.97 Å². The van der Waals surface area contributed by atoms with E-state index in [0.717, 1.165) is 16.8 Å². The van der Waals surface area contributed by atoms with Crippen molar-refractivity contribution in [1.29, 1.82) is 0 Å². The zero-order chi connectivity index (χ0) is 22.4. The Balaban J connectivity index is 1.75. The molecule has 0 radical (unpaired) electrons. The highest BCUT2D eigenvalue weighted by Crippen LogP contribution is 2.25. The third-order valence-corrected chi connectivity index (χ3v) is 3.93. The van der Waals surface area contributed by atoms with Crippen LogP contribution < -0.4 is 5.32 Å². The van der Waals surface area contributed by atoms with Crippen molar-refractivity contribution in [3.8, 4) is 0 Å². The van der Waals surface area contributed by atoms with Gasteiger partial charge in [0.15, 0.2) is 18.1 Å². The lowest BCUT2D eigenvalue weighted by molar-refractivity contribution is -0.384. The van der Waals surface area contributed by atoms with Gasteiger partial charge in [-0.25, -0.2) is 9.18 Å². The summed E-state index contributed by atoms with van der Waals surface area (Å²) in [5.41, 5.74) is -0.248. The van der Waals surface area contributed by atoms with Crippen LogP contribution in [0, 0.1) is 22.9 Å². The Morgan fingerprint density at radius 3 is 2.65 bits per heavy atom. The molecular weight excluding hydrogens is 411 g/mol. The molecule has 1 heterocycles. The number of rotatable bonds is 7. The molecule has 158 valence electrons. The molecular formula is C19H15FN6O5. The molecule has 0 spiro atoms.